The van der Waals surface area contributed by atoms with Crippen LogP contribution in [0.5, 0.6) is 0 Å². The summed E-state index contributed by atoms with van der Waals surface area (Å²) >= 11 is 0. The van der Waals surface area contributed by atoms with Gasteiger partial charge in [-0.3, -0.25) is 29.5 Å². The fraction of sp³-hybridized carbons (Fsp3) is 0.571. The molecule has 3 aliphatic rings. The number of amides is 3. The minimum Gasteiger partial charge on any atom is -0.327 e. The molecular formula is C21H29N5O3. The van der Waals surface area contributed by atoms with Crippen molar-refractivity contribution in [3.05, 3.63) is 34.9 Å². The average molecular weight is 399 g/mol. The number of nitrogens with two attached hydrogens (primary N) is 1. The summed E-state index contributed by atoms with van der Waals surface area (Å²) in [6.07, 6.45) is 0.663. The largest absolute Gasteiger partial charge is 0.327 e. The van der Waals surface area contributed by atoms with E-state index in [-0.39, 0.29) is 30.2 Å². The second-order valence-electron chi connectivity index (χ2n) is 8.40. The maximum Gasteiger partial charge on any atom is 0.255 e. The molecule has 0 saturated carbocycles. The van der Waals surface area contributed by atoms with Gasteiger partial charge < -0.3 is 10.6 Å². The van der Waals surface area contributed by atoms with Crippen molar-refractivity contribution in [2.45, 2.75) is 44.9 Å². The topological polar surface area (TPSA) is 99.0 Å². The Morgan fingerprint density at radius 2 is 1.86 bits per heavy atom. The average Bonchev–Trinajstić information content (AvgIpc) is 3.01. The fourth-order valence-electron chi connectivity index (χ4n) is 4.58. The van der Waals surface area contributed by atoms with Crippen LogP contribution in [0.25, 0.3) is 0 Å². The zero-order valence-electron chi connectivity index (χ0n) is 16.9. The van der Waals surface area contributed by atoms with Gasteiger partial charge >= 0.3 is 0 Å². The van der Waals surface area contributed by atoms with Gasteiger partial charge in [-0.2, -0.15) is 0 Å². The normalized spacial score (nSPS) is 24.6. The van der Waals surface area contributed by atoms with Gasteiger partial charge in [-0.05, 0) is 30.5 Å². The molecule has 4 rings (SSSR count). The van der Waals surface area contributed by atoms with E-state index < -0.39 is 6.04 Å². The van der Waals surface area contributed by atoms with Crippen LogP contribution >= 0.6 is 0 Å². The molecule has 0 aromatic heterocycles. The predicted octanol–water partition coefficient (Wildman–Crippen LogP) is -0.0876. The third kappa shape index (κ3) is 4.19. The van der Waals surface area contributed by atoms with E-state index in [1.165, 1.54) is 0 Å². The number of nitrogens with one attached hydrogen (secondary N) is 1. The molecule has 2 fully saturated rings. The lowest BCUT2D eigenvalue weighted by atomic mass is 10.0. The first kappa shape index (κ1) is 20.0. The van der Waals surface area contributed by atoms with E-state index in [1.54, 1.807) is 4.90 Å². The monoisotopic (exact) mass is 399 g/mol. The van der Waals surface area contributed by atoms with Gasteiger partial charge in [0, 0.05) is 63.8 Å². The second kappa shape index (κ2) is 8.22. The highest BCUT2D eigenvalue weighted by molar-refractivity contribution is 6.05. The van der Waals surface area contributed by atoms with Gasteiger partial charge in [-0.1, -0.05) is 12.1 Å². The highest BCUT2D eigenvalue weighted by Crippen LogP contribution is 2.30. The number of fused-ring (bicyclic) bond motifs is 1. The van der Waals surface area contributed by atoms with Crippen molar-refractivity contribution in [2.24, 2.45) is 5.73 Å². The van der Waals surface area contributed by atoms with Crippen molar-refractivity contribution in [3.63, 3.8) is 0 Å². The Bertz CT molecular complexity index is 817. The van der Waals surface area contributed by atoms with E-state index in [0.29, 0.717) is 18.5 Å². The highest BCUT2D eigenvalue weighted by atomic mass is 16.2. The number of nitrogens with zero attached hydrogens (tertiary/aromatic N) is 3. The van der Waals surface area contributed by atoms with Crippen LogP contribution in [0, 0.1) is 0 Å². The smallest absolute Gasteiger partial charge is 0.255 e. The minimum absolute atomic E-state index is 0.113. The lowest BCUT2D eigenvalue weighted by Crippen LogP contribution is -2.52. The highest BCUT2D eigenvalue weighted by Gasteiger charge is 2.39. The Kier molecular flexibility index (Phi) is 5.67. The maximum atomic E-state index is 12.9. The van der Waals surface area contributed by atoms with Crippen molar-refractivity contribution in [1.29, 1.82) is 0 Å². The molecule has 0 radical (unpaired) electrons. The number of benzene rings is 1. The molecule has 1 aromatic rings. The van der Waals surface area contributed by atoms with Crippen LogP contribution < -0.4 is 11.1 Å². The maximum absolute atomic E-state index is 12.9. The van der Waals surface area contributed by atoms with Crippen molar-refractivity contribution in [3.8, 4) is 0 Å². The lowest BCUT2D eigenvalue weighted by Gasteiger charge is -2.35. The van der Waals surface area contributed by atoms with Crippen molar-refractivity contribution in [1.82, 2.24) is 20.0 Å². The Labute approximate surface area is 171 Å². The number of carbonyl (C=O) groups is 3. The molecule has 3 amide bonds. The molecule has 3 heterocycles. The Morgan fingerprint density at radius 1 is 1.14 bits per heavy atom. The lowest BCUT2D eigenvalue weighted by molar-refractivity contribution is -0.136. The molecule has 1 aromatic carbocycles. The molecule has 1 unspecified atom stereocenters. The minimum atomic E-state index is -0.567. The summed E-state index contributed by atoms with van der Waals surface area (Å²) in [5.74, 6) is -0.744. The molecule has 8 heteroatoms. The van der Waals surface area contributed by atoms with Crippen molar-refractivity contribution in [2.75, 3.05) is 32.7 Å². The molecular weight excluding hydrogens is 370 g/mol. The van der Waals surface area contributed by atoms with E-state index in [9.17, 15) is 14.4 Å². The van der Waals surface area contributed by atoms with Crippen LogP contribution in [0.2, 0.25) is 0 Å². The van der Waals surface area contributed by atoms with Gasteiger partial charge in [0.15, 0.2) is 0 Å². The van der Waals surface area contributed by atoms with Crippen LogP contribution in [0.1, 0.15) is 41.3 Å². The van der Waals surface area contributed by atoms with Crippen molar-refractivity contribution >= 4 is 17.7 Å². The number of imide groups is 1. The summed E-state index contributed by atoms with van der Waals surface area (Å²) in [7, 11) is 0. The number of hydrogen-bond donors (Lipinski definition) is 2. The molecule has 2 atom stereocenters. The van der Waals surface area contributed by atoms with Gasteiger partial charge in [0.05, 0.1) is 0 Å². The van der Waals surface area contributed by atoms with Gasteiger partial charge in [0.2, 0.25) is 11.8 Å². The summed E-state index contributed by atoms with van der Waals surface area (Å²) in [6, 6.07) is 5.46. The summed E-state index contributed by atoms with van der Waals surface area (Å²) in [4.78, 5) is 43.1. The van der Waals surface area contributed by atoms with E-state index in [4.69, 9.17) is 5.73 Å². The summed E-state index contributed by atoms with van der Waals surface area (Å²) in [6.45, 7) is 8.12. The third-order valence-corrected chi connectivity index (χ3v) is 6.08. The summed E-state index contributed by atoms with van der Waals surface area (Å²) in [5.41, 5.74) is 8.75. The first-order valence-corrected chi connectivity index (χ1v) is 10.4. The zero-order valence-corrected chi connectivity index (χ0v) is 16.9. The van der Waals surface area contributed by atoms with Gasteiger partial charge in [0.25, 0.3) is 5.91 Å². The van der Waals surface area contributed by atoms with Gasteiger partial charge in [0.1, 0.15) is 6.04 Å². The molecule has 3 aliphatic heterocycles. The van der Waals surface area contributed by atoms with Crippen LogP contribution in [0.15, 0.2) is 18.2 Å². The molecule has 8 nitrogen and oxygen atoms in total. The molecule has 156 valence electrons. The van der Waals surface area contributed by atoms with Crippen molar-refractivity contribution < 1.29 is 14.4 Å². The number of hydrogen-bond acceptors (Lipinski definition) is 6. The Morgan fingerprint density at radius 3 is 2.55 bits per heavy atom. The van der Waals surface area contributed by atoms with E-state index in [1.807, 2.05) is 19.1 Å². The number of piperidine rings is 1. The Balaban J connectivity index is 1.44. The van der Waals surface area contributed by atoms with E-state index in [2.05, 4.69) is 21.2 Å². The number of piperazine rings is 1. The zero-order chi connectivity index (χ0) is 20.5. The van der Waals surface area contributed by atoms with Crippen LogP contribution in [0.4, 0.5) is 0 Å². The van der Waals surface area contributed by atoms with Gasteiger partial charge in [-0.15, -0.1) is 0 Å². The van der Waals surface area contributed by atoms with Crippen LogP contribution in [-0.2, 0) is 22.7 Å². The number of carbonyl (C=O) groups excluding carboxylic acids is 3. The van der Waals surface area contributed by atoms with Crippen LogP contribution in [0.3, 0.4) is 0 Å². The van der Waals surface area contributed by atoms with Crippen LogP contribution in [-0.4, -0.2) is 77.2 Å². The summed E-state index contributed by atoms with van der Waals surface area (Å²) in [5, 5.41) is 2.36. The first-order valence-electron chi connectivity index (χ1n) is 10.4. The molecule has 0 spiro atoms. The third-order valence-electron chi connectivity index (χ3n) is 6.08. The second-order valence-corrected chi connectivity index (χ2v) is 8.40. The molecule has 0 bridgehead atoms. The fourth-order valence-corrected chi connectivity index (χ4v) is 4.58. The SMILES string of the molecule is C[C@@H](N)CN1CCN(Cc2cccc3c2CN(C2CCC(=O)NC2=O)C3=O)CC1. The number of rotatable bonds is 5. The predicted molar refractivity (Wildman–Crippen MR) is 108 cm³/mol. The molecule has 3 N–H and O–H groups in total. The molecule has 2 saturated heterocycles. The van der Waals surface area contributed by atoms with E-state index >= 15 is 0 Å². The van der Waals surface area contributed by atoms with Gasteiger partial charge in [-0.25, -0.2) is 0 Å². The molecule has 29 heavy (non-hydrogen) atoms. The van der Waals surface area contributed by atoms with E-state index in [0.717, 1.165) is 50.4 Å². The summed E-state index contributed by atoms with van der Waals surface area (Å²) < 4.78 is 0. The Hall–Kier alpha value is -2.29. The standard InChI is InChI=1S/C21H29N5O3/c1-14(22)11-24-7-9-25(10-8-24)12-15-3-2-4-16-17(15)13-26(21(16)29)18-5-6-19(27)23-20(18)28/h2-4,14,18H,5-13,22H2,1H3,(H,23,27,28)/t14-,18?/m1/s1. The first-order chi connectivity index (χ1) is 13.9. The molecule has 0 aliphatic carbocycles. The quantitative estimate of drug-likeness (QED) is 0.672.